The summed E-state index contributed by atoms with van der Waals surface area (Å²) in [5.74, 6) is 0. The smallest absolute Gasteiger partial charge is 0.316 e. The predicted octanol–water partition coefficient (Wildman–Crippen LogP) is 3.11. The van der Waals surface area contributed by atoms with Crippen molar-refractivity contribution in [3.8, 4) is 0 Å². The molecule has 6 nitrogen and oxygen atoms in total. The highest BCUT2D eigenvalue weighted by molar-refractivity contribution is 5.81. The Balaban J connectivity index is 1.40. The minimum atomic E-state index is 0.386. The van der Waals surface area contributed by atoms with E-state index in [1.165, 1.54) is 5.69 Å². The maximum atomic E-state index is 5.55. The van der Waals surface area contributed by atoms with Crippen LogP contribution in [0.1, 0.15) is 5.56 Å². The second-order valence-corrected chi connectivity index (χ2v) is 5.55. The molecule has 1 aliphatic heterocycles. The molecule has 1 fully saturated rings. The number of hydrogen-bond donors (Lipinski definition) is 1. The topological polar surface area (TPSA) is 62.9 Å². The van der Waals surface area contributed by atoms with E-state index >= 15 is 0 Å². The van der Waals surface area contributed by atoms with E-state index in [2.05, 4.69) is 32.5 Å². The number of para-hydroxylation sites is 2. The van der Waals surface area contributed by atoms with Crippen molar-refractivity contribution in [2.24, 2.45) is 5.10 Å². The van der Waals surface area contributed by atoms with Crippen molar-refractivity contribution in [3.63, 3.8) is 0 Å². The van der Waals surface area contributed by atoms with E-state index in [1.807, 2.05) is 36.4 Å². The Labute approximate surface area is 139 Å². The lowest BCUT2D eigenvalue weighted by atomic mass is 10.2. The molecular formula is C18H18N4O2. The molecule has 24 heavy (non-hydrogen) atoms. The second-order valence-electron chi connectivity index (χ2n) is 5.55. The summed E-state index contributed by atoms with van der Waals surface area (Å²) >= 11 is 0. The highest BCUT2D eigenvalue weighted by Gasteiger charge is 2.10. The summed E-state index contributed by atoms with van der Waals surface area (Å²) in [6, 6.07) is 16.3. The van der Waals surface area contributed by atoms with Gasteiger partial charge in [0.1, 0.15) is 5.52 Å². The van der Waals surface area contributed by atoms with Gasteiger partial charge >= 0.3 is 6.01 Å². The summed E-state index contributed by atoms with van der Waals surface area (Å²) in [5, 5.41) is 4.18. The molecule has 0 amide bonds. The zero-order valence-corrected chi connectivity index (χ0v) is 13.2. The van der Waals surface area contributed by atoms with Gasteiger partial charge in [-0.15, -0.1) is 0 Å². The fraction of sp³-hybridized carbons (Fsp3) is 0.222. The van der Waals surface area contributed by atoms with Crippen molar-refractivity contribution in [1.82, 2.24) is 4.98 Å². The van der Waals surface area contributed by atoms with Crippen LogP contribution in [0.2, 0.25) is 0 Å². The van der Waals surface area contributed by atoms with Crippen LogP contribution in [0.4, 0.5) is 11.7 Å². The van der Waals surface area contributed by atoms with Gasteiger partial charge in [0.15, 0.2) is 5.58 Å². The number of nitrogens with one attached hydrogen (secondary N) is 1. The van der Waals surface area contributed by atoms with E-state index in [1.54, 1.807) is 6.21 Å². The van der Waals surface area contributed by atoms with E-state index in [4.69, 9.17) is 9.15 Å². The zero-order valence-electron chi connectivity index (χ0n) is 13.2. The summed E-state index contributed by atoms with van der Waals surface area (Å²) in [5.41, 5.74) is 6.60. The third-order valence-corrected chi connectivity index (χ3v) is 3.94. The molecule has 0 unspecified atom stereocenters. The van der Waals surface area contributed by atoms with Crippen molar-refractivity contribution >= 4 is 29.0 Å². The monoisotopic (exact) mass is 322 g/mol. The molecule has 0 radical (unpaired) electrons. The third kappa shape index (κ3) is 3.23. The first kappa shape index (κ1) is 14.7. The quantitative estimate of drug-likeness (QED) is 0.591. The lowest BCUT2D eigenvalue weighted by Crippen LogP contribution is -2.36. The van der Waals surface area contributed by atoms with Crippen LogP contribution in [0.5, 0.6) is 0 Å². The lowest BCUT2D eigenvalue weighted by molar-refractivity contribution is 0.122. The molecule has 0 saturated carbocycles. The fourth-order valence-corrected chi connectivity index (χ4v) is 2.67. The van der Waals surface area contributed by atoms with Gasteiger partial charge in [-0.2, -0.15) is 10.1 Å². The number of fused-ring (bicyclic) bond motifs is 1. The molecule has 4 rings (SSSR count). The van der Waals surface area contributed by atoms with Gasteiger partial charge in [-0.25, -0.2) is 5.43 Å². The molecule has 1 saturated heterocycles. The van der Waals surface area contributed by atoms with Crippen LogP contribution in [0, 0.1) is 0 Å². The predicted molar refractivity (Wildman–Crippen MR) is 94.7 cm³/mol. The fourth-order valence-electron chi connectivity index (χ4n) is 2.67. The van der Waals surface area contributed by atoms with E-state index in [-0.39, 0.29) is 0 Å². The van der Waals surface area contributed by atoms with Crippen LogP contribution in [0.15, 0.2) is 58.0 Å². The number of aromatic nitrogens is 1. The van der Waals surface area contributed by atoms with Crippen LogP contribution in [-0.4, -0.2) is 37.5 Å². The number of hydrogen-bond acceptors (Lipinski definition) is 6. The molecular weight excluding hydrogens is 304 g/mol. The Bertz CT molecular complexity index is 803. The normalized spacial score (nSPS) is 15.2. The maximum absolute atomic E-state index is 5.55. The zero-order chi connectivity index (χ0) is 16.2. The number of ether oxygens (including phenoxy) is 1. The van der Waals surface area contributed by atoms with Crippen LogP contribution in [0.3, 0.4) is 0 Å². The number of oxazole rings is 1. The molecule has 1 N–H and O–H groups in total. The number of morpholine rings is 1. The van der Waals surface area contributed by atoms with Gasteiger partial charge in [0.25, 0.3) is 0 Å². The first-order valence-electron chi connectivity index (χ1n) is 7.96. The lowest BCUT2D eigenvalue weighted by Gasteiger charge is -2.28. The molecule has 1 aliphatic rings. The number of nitrogens with zero attached hydrogens (tertiary/aromatic N) is 3. The molecule has 6 heteroatoms. The Morgan fingerprint density at radius 2 is 1.83 bits per heavy atom. The Kier molecular flexibility index (Phi) is 4.12. The van der Waals surface area contributed by atoms with Gasteiger partial charge in [-0.3, -0.25) is 0 Å². The highest BCUT2D eigenvalue weighted by Crippen LogP contribution is 2.18. The summed E-state index contributed by atoms with van der Waals surface area (Å²) in [6.45, 7) is 3.45. The van der Waals surface area contributed by atoms with E-state index in [0.717, 1.165) is 43.0 Å². The molecule has 3 aromatic rings. The average Bonchev–Trinajstić information content (AvgIpc) is 3.06. The molecule has 0 aliphatic carbocycles. The van der Waals surface area contributed by atoms with Crippen LogP contribution in [0.25, 0.3) is 11.1 Å². The summed E-state index contributed by atoms with van der Waals surface area (Å²) < 4.78 is 10.9. The Morgan fingerprint density at radius 1 is 1.04 bits per heavy atom. The molecule has 0 atom stereocenters. The van der Waals surface area contributed by atoms with Crippen molar-refractivity contribution < 1.29 is 9.15 Å². The van der Waals surface area contributed by atoms with Gasteiger partial charge in [0.2, 0.25) is 0 Å². The minimum absolute atomic E-state index is 0.386. The highest BCUT2D eigenvalue weighted by atomic mass is 16.5. The Morgan fingerprint density at radius 3 is 2.62 bits per heavy atom. The van der Waals surface area contributed by atoms with E-state index < -0.39 is 0 Å². The summed E-state index contributed by atoms with van der Waals surface area (Å²) in [6.07, 6.45) is 1.75. The van der Waals surface area contributed by atoms with Crippen LogP contribution >= 0.6 is 0 Å². The van der Waals surface area contributed by atoms with Gasteiger partial charge in [-0.05, 0) is 29.8 Å². The summed E-state index contributed by atoms with van der Waals surface area (Å²) in [7, 11) is 0. The molecule has 0 spiro atoms. The van der Waals surface area contributed by atoms with Gasteiger partial charge in [0, 0.05) is 18.8 Å². The minimum Gasteiger partial charge on any atom is -0.422 e. The van der Waals surface area contributed by atoms with E-state index in [9.17, 15) is 0 Å². The molecule has 2 aromatic carbocycles. The first-order chi connectivity index (χ1) is 11.9. The number of benzene rings is 2. The van der Waals surface area contributed by atoms with Gasteiger partial charge in [-0.1, -0.05) is 24.3 Å². The number of rotatable bonds is 4. The Hall–Kier alpha value is -2.86. The maximum Gasteiger partial charge on any atom is 0.316 e. The standard InChI is InChI=1S/C18H18N4O2/c1-2-4-17-16(3-1)20-18(24-17)21-19-13-14-5-7-15(8-6-14)22-9-11-23-12-10-22/h1-8,13H,9-12H2,(H,20,21)/b19-13+. The largest absolute Gasteiger partial charge is 0.422 e. The van der Waals surface area contributed by atoms with Crippen molar-refractivity contribution in [3.05, 3.63) is 54.1 Å². The van der Waals surface area contributed by atoms with Gasteiger partial charge < -0.3 is 14.1 Å². The molecule has 2 heterocycles. The number of anilines is 2. The second kappa shape index (κ2) is 6.72. The third-order valence-electron chi connectivity index (χ3n) is 3.94. The van der Waals surface area contributed by atoms with E-state index in [0.29, 0.717) is 6.01 Å². The molecule has 0 bridgehead atoms. The molecule has 1 aromatic heterocycles. The van der Waals surface area contributed by atoms with Crippen LogP contribution < -0.4 is 10.3 Å². The van der Waals surface area contributed by atoms with Crippen LogP contribution in [-0.2, 0) is 4.74 Å². The molecule has 122 valence electrons. The number of hydrazone groups is 1. The SMILES string of the molecule is C(=N\Nc1nc2ccccc2o1)/c1ccc(N2CCOCC2)cc1. The van der Waals surface area contributed by atoms with Gasteiger partial charge in [0.05, 0.1) is 19.4 Å². The van der Waals surface area contributed by atoms with Crippen molar-refractivity contribution in [1.29, 1.82) is 0 Å². The summed E-state index contributed by atoms with van der Waals surface area (Å²) in [4.78, 5) is 6.63. The van der Waals surface area contributed by atoms with Crippen molar-refractivity contribution in [2.75, 3.05) is 36.6 Å². The van der Waals surface area contributed by atoms with Crippen molar-refractivity contribution in [2.45, 2.75) is 0 Å². The first-order valence-corrected chi connectivity index (χ1v) is 7.96. The average molecular weight is 322 g/mol.